The normalized spacial score (nSPS) is 16.3. The Kier molecular flexibility index (Phi) is 6.19. The molecule has 0 aliphatic carbocycles. The van der Waals surface area contributed by atoms with Gasteiger partial charge in [-0.05, 0) is 45.4 Å². The first-order valence-corrected chi connectivity index (χ1v) is 11.0. The molecule has 1 saturated heterocycles. The summed E-state index contributed by atoms with van der Waals surface area (Å²) in [4.78, 5) is 29.5. The van der Waals surface area contributed by atoms with Crippen LogP contribution < -0.4 is 16.0 Å². The lowest BCUT2D eigenvalue weighted by molar-refractivity contribution is -0.122. The van der Waals surface area contributed by atoms with Crippen LogP contribution in [0.5, 0.6) is 0 Å². The first-order chi connectivity index (χ1) is 14.9. The SMILES string of the molecule is CC(C)(Nc1ncc(-c2nc(CNC(=O)[C@H]3CCCN3)cs2)cn1)c1ncccc1F. The number of thiazole rings is 1. The second-order valence-corrected chi connectivity index (χ2v) is 8.75. The second kappa shape index (κ2) is 9.03. The first kappa shape index (κ1) is 21.3. The van der Waals surface area contributed by atoms with Crippen LogP contribution in [0.25, 0.3) is 10.6 Å². The number of hydrogen-bond acceptors (Lipinski definition) is 8. The first-order valence-electron chi connectivity index (χ1n) is 10.1. The Bertz CT molecular complexity index is 1050. The number of aromatic nitrogens is 4. The highest BCUT2D eigenvalue weighted by atomic mass is 32.1. The maximum atomic E-state index is 14.1. The third kappa shape index (κ3) is 5.02. The smallest absolute Gasteiger partial charge is 0.237 e. The Hall–Kier alpha value is -2.98. The molecule has 0 unspecified atom stereocenters. The van der Waals surface area contributed by atoms with Crippen LogP contribution in [-0.4, -0.2) is 38.4 Å². The van der Waals surface area contributed by atoms with E-state index in [-0.39, 0.29) is 17.8 Å². The molecule has 0 spiro atoms. The van der Waals surface area contributed by atoms with Gasteiger partial charge in [-0.3, -0.25) is 9.78 Å². The number of carbonyl (C=O) groups is 1. The molecule has 1 amide bonds. The van der Waals surface area contributed by atoms with E-state index in [0.717, 1.165) is 35.7 Å². The number of amides is 1. The summed E-state index contributed by atoms with van der Waals surface area (Å²) in [5, 5.41) is 11.9. The summed E-state index contributed by atoms with van der Waals surface area (Å²) in [6.45, 7) is 4.91. The highest BCUT2D eigenvalue weighted by Gasteiger charge is 2.26. The largest absolute Gasteiger partial charge is 0.349 e. The zero-order valence-electron chi connectivity index (χ0n) is 17.4. The van der Waals surface area contributed by atoms with Crippen molar-refractivity contribution in [1.82, 2.24) is 30.6 Å². The van der Waals surface area contributed by atoms with Gasteiger partial charge >= 0.3 is 0 Å². The molecule has 0 bridgehead atoms. The minimum Gasteiger partial charge on any atom is -0.349 e. The summed E-state index contributed by atoms with van der Waals surface area (Å²) in [5.74, 6) is -0.00702. The van der Waals surface area contributed by atoms with Gasteiger partial charge < -0.3 is 16.0 Å². The molecule has 1 atom stereocenters. The number of pyridine rings is 1. The van der Waals surface area contributed by atoms with E-state index in [9.17, 15) is 9.18 Å². The van der Waals surface area contributed by atoms with E-state index >= 15 is 0 Å². The number of anilines is 1. The Morgan fingerprint density at radius 2 is 2.13 bits per heavy atom. The van der Waals surface area contributed by atoms with Gasteiger partial charge in [0.2, 0.25) is 11.9 Å². The van der Waals surface area contributed by atoms with E-state index in [0.29, 0.717) is 18.2 Å². The lowest BCUT2D eigenvalue weighted by Gasteiger charge is -2.25. The molecular weight excluding hydrogens is 417 g/mol. The minimum absolute atomic E-state index is 0.0118. The summed E-state index contributed by atoms with van der Waals surface area (Å²) in [6, 6.07) is 2.83. The monoisotopic (exact) mass is 441 g/mol. The Morgan fingerprint density at radius 3 is 2.84 bits per heavy atom. The number of halogens is 1. The molecule has 4 heterocycles. The third-order valence-corrected chi connectivity index (χ3v) is 5.99. The van der Waals surface area contributed by atoms with Crippen molar-refractivity contribution in [3.8, 4) is 10.6 Å². The second-order valence-electron chi connectivity index (χ2n) is 7.89. The molecule has 3 aromatic rings. The molecule has 0 aromatic carbocycles. The molecule has 8 nitrogen and oxygen atoms in total. The van der Waals surface area contributed by atoms with Crippen molar-refractivity contribution in [2.75, 3.05) is 11.9 Å². The highest BCUT2D eigenvalue weighted by molar-refractivity contribution is 7.13. The zero-order valence-corrected chi connectivity index (χ0v) is 18.2. The predicted octanol–water partition coefficient (Wildman–Crippen LogP) is 2.85. The Balaban J connectivity index is 1.38. The molecule has 10 heteroatoms. The van der Waals surface area contributed by atoms with Gasteiger partial charge in [0.25, 0.3) is 0 Å². The lowest BCUT2D eigenvalue weighted by atomic mass is 9.99. The van der Waals surface area contributed by atoms with Gasteiger partial charge in [-0.25, -0.2) is 19.3 Å². The van der Waals surface area contributed by atoms with Crippen LogP contribution >= 0.6 is 11.3 Å². The van der Waals surface area contributed by atoms with Gasteiger partial charge in [-0.15, -0.1) is 11.3 Å². The van der Waals surface area contributed by atoms with Crippen LogP contribution in [-0.2, 0) is 16.9 Å². The maximum absolute atomic E-state index is 14.1. The highest BCUT2D eigenvalue weighted by Crippen LogP contribution is 2.26. The van der Waals surface area contributed by atoms with E-state index < -0.39 is 5.54 Å². The van der Waals surface area contributed by atoms with E-state index in [4.69, 9.17) is 0 Å². The van der Waals surface area contributed by atoms with Crippen LogP contribution in [0.15, 0.2) is 36.1 Å². The molecule has 4 rings (SSSR count). The molecule has 1 aliphatic heterocycles. The molecule has 162 valence electrons. The van der Waals surface area contributed by atoms with Crippen molar-refractivity contribution in [1.29, 1.82) is 0 Å². The third-order valence-electron chi connectivity index (χ3n) is 5.05. The average molecular weight is 442 g/mol. The van der Waals surface area contributed by atoms with E-state index in [2.05, 4.69) is 35.9 Å². The number of nitrogens with zero attached hydrogens (tertiary/aromatic N) is 4. The fraction of sp³-hybridized carbons (Fsp3) is 0.381. The van der Waals surface area contributed by atoms with E-state index in [1.807, 2.05) is 19.2 Å². The number of rotatable bonds is 7. The van der Waals surface area contributed by atoms with Crippen molar-refractivity contribution in [3.63, 3.8) is 0 Å². The lowest BCUT2D eigenvalue weighted by Crippen LogP contribution is -2.40. The average Bonchev–Trinajstić information content (AvgIpc) is 3.45. The van der Waals surface area contributed by atoms with Crippen molar-refractivity contribution in [2.45, 2.75) is 44.8 Å². The van der Waals surface area contributed by atoms with Crippen LogP contribution in [0, 0.1) is 5.82 Å². The summed E-state index contributed by atoms with van der Waals surface area (Å²) >= 11 is 1.47. The van der Waals surface area contributed by atoms with Crippen molar-refractivity contribution in [2.24, 2.45) is 0 Å². The van der Waals surface area contributed by atoms with Crippen molar-refractivity contribution < 1.29 is 9.18 Å². The molecule has 1 fully saturated rings. The minimum atomic E-state index is -0.784. The summed E-state index contributed by atoms with van der Waals surface area (Å²) in [7, 11) is 0. The topological polar surface area (TPSA) is 105 Å². The molecule has 31 heavy (non-hydrogen) atoms. The maximum Gasteiger partial charge on any atom is 0.237 e. The Labute approximate surface area is 183 Å². The van der Waals surface area contributed by atoms with Gasteiger partial charge in [0, 0.05) is 29.5 Å². The quantitative estimate of drug-likeness (QED) is 0.518. The molecule has 1 aliphatic rings. The van der Waals surface area contributed by atoms with Gasteiger partial charge in [0.1, 0.15) is 16.5 Å². The molecule has 0 saturated carbocycles. The van der Waals surface area contributed by atoms with Gasteiger partial charge in [0.15, 0.2) is 0 Å². The summed E-state index contributed by atoms with van der Waals surface area (Å²) < 4.78 is 14.1. The Morgan fingerprint density at radius 1 is 1.32 bits per heavy atom. The van der Waals surface area contributed by atoms with E-state index in [1.54, 1.807) is 24.7 Å². The van der Waals surface area contributed by atoms with Crippen molar-refractivity contribution in [3.05, 3.63) is 53.3 Å². The van der Waals surface area contributed by atoms with Crippen LogP contribution in [0.3, 0.4) is 0 Å². The van der Waals surface area contributed by atoms with Crippen LogP contribution in [0.4, 0.5) is 10.3 Å². The summed E-state index contributed by atoms with van der Waals surface area (Å²) in [6.07, 6.45) is 6.79. The van der Waals surface area contributed by atoms with Crippen LogP contribution in [0.2, 0.25) is 0 Å². The van der Waals surface area contributed by atoms with E-state index in [1.165, 1.54) is 17.4 Å². The predicted molar refractivity (Wildman–Crippen MR) is 117 cm³/mol. The number of nitrogens with one attached hydrogen (secondary N) is 3. The van der Waals surface area contributed by atoms with Gasteiger partial charge in [0.05, 0.1) is 23.8 Å². The number of carbonyl (C=O) groups excluding carboxylic acids is 1. The van der Waals surface area contributed by atoms with Crippen molar-refractivity contribution >= 4 is 23.2 Å². The molecule has 0 radical (unpaired) electrons. The van der Waals surface area contributed by atoms with Gasteiger partial charge in [-0.1, -0.05) is 0 Å². The standard InChI is InChI=1S/C21H24FN7OS/c1-21(2,17-15(22)5-3-8-24-17)29-20-26-9-13(10-27-20)19-28-14(12-31-19)11-25-18(30)16-6-4-7-23-16/h3,5,8-10,12,16,23H,4,6-7,11H2,1-2H3,(H,25,30)(H,26,27,29)/t16-/m1/s1. The molecule has 3 aromatic heterocycles. The fourth-order valence-electron chi connectivity index (χ4n) is 3.42. The molecular formula is C21H24FN7OS. The zero-order chi connectivity index (χ0) is 21.8. The van der Waals surface area contributed by atoms with Gasteiger partial charge in [-0.2, -0.15) is 0 Å². The molecule has 3 N–H and O–H groups in total. The summed E-state index contributed by atoms with van der Waals surface area (Å²) in [5.41, 5.74) is 1.07. The fourth-order valence-corrected chi connectivity index (χ4v) is 4.21. The van der Waals surface area contributed by atoms with Crippen LogP contribution in [0.1, 0.15) is 38.1 Å². The number of hydrogen-bond donors (Lipinski definition) is 3.